The van der Waals surface area contributed by atoms with Crippen molar-refractivity contribution in [3.63, 3.8) is 0 Å². The van der Waals surface area contributed by atoms with Gasteiger partial charge in [-0.05, 0) is 24.6 Å². The molecule has 0 bridgehead atoms. The number of aromatic nitrogens is 2. The van der Waals surface area contributed by atoms with Crippen LogP contribution in [0.15, 0.2) is 58.1 Å². The predicted octanol–water partition coefficient (Wildman–Crippen LogP) is 2.62. The monoisotopic (exact) mass is 457 g/mol. The predicted molar refractivity (Wildman–Crippen MR) is 111 cm³/mol. The van der Waals surface area contributed by atoms with Crippen LogP contribution < -0.4 is 11.2 Å². The summed E-state index contributed by atoms with van der Waals surface area (Å²) in [5, 5.41) is 10.3. The van der Waals surface area contributed by atoms with Gasteiger partial charge in [0.1, 0.15) is 6.04 Å². The van der Waals surface area contributed by atoms with E-state index in [0.29, 0.717) is 16.0 Å². The molecule has 0 saturated carbocycles. The molecule has 1 amide bonds. The van der Waals surface area contributed by atoms with Gasteiger partial charge < -0.3 is 10.0 Å². The summed E-state index contributed by atoms with van der Waals surface area (Å²) in [6.45, 7) is 0.313. The van der Waals surface area contributed by atoms with Crippen LogP contribution in [-0.4, -0.2) is 44.2 Å². The average Bonchev–Trinajstić information content (AvgIpc) is 2.78. The maximum Gasteiger partial charge on any atom is 0.408 e. The third-order valence-electron chi connectivity index (χ3n) is 5.79. The molecule has 170 valence electrons. The zero-order chi connectivity index (χ0) is 23.9. The van der Waals surface area contributed by atoms with Crippen molar-refractivity contribution in [2.75, 3.05) is 6.54 Å². The van der Waals surface area contributed by atoms with Crippen LogP contribution in [0.3, 0.4) is 0 Å². The van der Waals surface area contributed by atoms with Gasteiger partial charge in [0.2, 0.25) is 5.75 Å². The summed E-state index contributed by atoms with van der Waals surface area (Å²) in [5.74, 6) is -3.12. The fourth-order valence-electron chi connectivity index (χ4n) is 4.15. The Labute approximate surface area is 185 Å². The van der Waals surface area contributed by atoms with Crippen molar-refractivity contribution in [3.8, 4) is 5.75 Å². The molecule has 0 aliphatic carbocycles. The highest BCUT2D eigenvalue weighted by molar-refractivity contribution is 5.96. The first-order chi connectivity index (χ1) is 15.6. The van der Waals surface area contributed by atoms with Gasteiger partial charge in [0, 0.05) is 18.0 Å². The Balaban J connectivity index is 2.01. The van der Waals surface area contributed by atoms with Crippen LogP contribution in [0.2, 0.25) is 0 Å². The number of carbonyl (C=O) groups is 1. The maximum atomic E-state index is 13.6. The molecule has 10 heteroatoms. The number of rotatable bonds is 4. The molecule has 1 aromatic heterocycles. The summed E-state index contributed by atoms with van der Waals surface area (Å²) in [4.78, 5) is 40.3. The smallest absolute Gasteiger partial charge is 0.408 e. The van der Waals surface area contributed by atoms with Crippen LogP contribution in [0, 0.1) is 12.1 Å². The zero-order valence-corrected chi connectivity index (χ0v) is 17.3. The van der Waals surface area contributed by atoms with Crippen molar-refractivity contribution >= 4 is 5.91 Å². The first kappa shape index (κ1) is 22.2. The van der Waals surface area contributed by atoms with E-state index >= 15 is 0 Å². The number of H-pyrrole nitrogens is 1. The van der Waals surface area contributed by atoms with Crippen LogP contribution >= 0.6 is 0 Å². The molecule has 2 aromatic carbocycles. The SMILES string of the molecule is C[C@@H](N1C[C@H](C(c2c#cccc2)c2ccccc2)n2c(c(O)c(=O)[nH]c2=O)C1=O)C(F)(F)F. The molecule has 7 nitrogen and oxygen atoms in total. The lowest BCUT2D eigenvalue weighted by Gasteiger charge is -2.41. The summed E-state index contributed by atoms with van der Waals surface area (Å²) in [5.41, 5.74) is -1.90. The first-order valence-electron chi connectivity index (χ1n) is 10.00. The molecule has 33 heavy (non-hydrogen) atoms. The average molecular weight is 457 g/mol. The molecule has 3 atom stereocenters. The second kappa shape index (κ2) is 8.16. The first-order valence-corrected chi connectivity index (χ1v) is 10.00. The largest absolute Gasteiger partial charge is 0.501 e. The van der Waals surface area contributed by atoms with Crippen LogP contribution in [0.5, 0.6) is 5.75 Å². The number of halogens is 3. The Bertz CT molecular complexity index is 1250. The highest BCUT2D eigenvalue weighted by Crippen LogP contribution is 2.40. The van der Waals surface area contributed by atoms with Gasteiger partial charge in [0.15, 0.2) is 5.69 Å². The Kier molecular flexibility index (Phi) is 5.49. The number of aromatic hydroxyl groups is 1. The van der Waals surface area contributed by atoms with Gasteiger partial charge in [-0.1, -0.05) is 48.5 Å². The third-order valence-corrected chi connectivity index (χ3v) is 5.79. The molecule has 0 radical (unpaired) electrons. The molecule has 0 spiro atoms. The molecule has 2 heterocycles. The summed E-state index contributed by atoms with van der Waals surface area (Å²) >= 11 is 0. The number of amides is 1. The van der Waals surface area contributed by atoms with E-state index in [2.05, 4.69) is 12.1 Å². The van der Waals surface area contributed by atoms with Gasteiger partial charge in [0.25, 0.3) is 11.5 Å². The molecular formula is C23H18F3N3O4. The Morgan fingerprint density at radius 2 is 1.82 bits per heavy atom. The van der Waals surface area contributed by atoms with Gasteiger partial charge in [-0.25, -0.2) is 4.79 Å². The quantitative estimate of drug-likeness (QED) is 0.630. The Hall–Kier alpha value is -4.00. The van der Waals surface area contributed by atoms with E-state index in [0.717, 1.165) is 11.5 Å². The number of carbonyl (C=O) groups excluding carboxylic acids is 1. The van der Waals surface area contributed by atoms with Crippen molar-refractivity contribution in [2.45, 2.75) is 31.1 Å². The second-order valence-corrected chi connectivity index (χ2v) is 7.71. The molecule has 3 aromatic rings. The highest BCUT2D eigenvalue weighted by atomic mass is 19.4. The molecule has 0 fully saturated rings. The minimum atomic E-state index is -4.77. The molecule has 4 rings (SSSR count). The topological polar surface area (TPSA) is 95.4 Å². The van der Waals surface area contributed by atoms with Gasteiger partial charge in [-0.2, -0.15) is 13.2 Å². The van der Waals surface area contributed by atoms with Crippen molar-refractivity contribution in [1.82, 2.24) is 14.5 Å². The van der Waals surface area contributed by atoms with Crippen molar-refractivity contribution in [2.24, 2.45) is 0 Å². The number of hydrogen-bond acceptors (Lipinski definition) is 4. The number of nitrogens with one attached hydrogen (secondary N) is 1. The van der Waals surface area contributed by atoms with Crippen LogP contribution in [-0.2, 0) is 0 Å². The van der Waals surface area contributed by atoms with E-state index in [1.807, 2.05) is 4.98 Å². The van der Waals surface area contributed by atoms with Crippen molar-refractivity contribution in [1.29, 1.82) is 0 Å². The summed E-state index contributed by atoms with van der Waals surface area (Å²) in [6.07, 6.45) is -4.77. The van der Waals surface area contributed by atoms with Gasteiger partial charge in [-0.3, -0.25) is 19.1 Å². The molecular weight excluding hydrogens is 439 g/mol. The van der Waals surface area contributed by atoms with E-state index in [1.54, 1.807) is 48.5 Å². The minimum absolute atomic E-state index is 0.500. The number of aromatic amines is 1. The highest BCUT2D eigenvalue weighted by Gasteiger charge is 2.48. The molecule has 1 aliphatic rings. The van der Waals surface area contributed by atoms with Gasteiger partial charge in [0.05, 0.1) is 6.04 Å². The third kappa shape index (κ3) is 3.86. The summed E-state index contributed by atoms with van der Waals surface area (Å²) in [6, 6.07) is 16.0. The second-order valence-electron chi connectivity index (χ2n) is 7.71. The van der Waals surface area contributed by atoms with E-state index < -0.39 is 59.3 Å². The lowest BCUT2D eigenvalue weighted by molar-refractivity contribution is -0.174. The van der Waals surface area contributed by atoms with Gasteiger partial charge in [-0.15, -0.1) is 0 Å². The summed E-state index contributed by atoms with van der Waals surface area (Å²) < 4.78 is 41.7. The lowest BCUT2D eigenvalue weighted by atomic mass is 9.84. The molecule has 0 saturated heterocycles. The number of alkyl halides is 3. The van der Waals surface area contributed by atoms with Crippen LogP contribution in [0.4, 0.5) is 13.2 Å². The van der Waals surface area contributed by atoms with E-state index in [-0.39, 0.29) is 0 Å². The van der Waals surface area contributed by atoms with E-state index in [4.69, 9.17) is 0 Å². The zero-order valence-electron chi connectivity index (χ0n) is 17.3. The van der Waals surface area contributed by atoms with Crippen LogP contribution in [0.1, 0.15) is 40.5 Å². The number of nitrogens with zero attached hydrogens (tertiary/aromatic N) is 2. The fourth-order valence-corrected chi connectivity index (χ4v) is 4.15. The lowest BCUT2D eigenvalue weighted by Crippen LogP contribution is -2.56. The minimum Gasteiger partial charge on any atom is -0.501 e. The standard InChI is InChI=1S/C23H18F3N3O4/c1-13(23(24,25)26)28-12-16(29-18(21(28)32)19(30)20(31)27-22(29)33)17(14-8-4-2-5-9-14)15-10-6-3-7-11-15/h2-6,8-10,13,16-17,30H,12H2,1H3,(H,27,31,33)/t13-,16-,17?/m1/s1. The van der Waals surface area contributed by atoms with E-state index in [1.165, 1.54) is 0 Å². The molecule has 1 unspecified atom stereocenters. The Morgan fingerprint density at radius 3 is 2.42 bits per heavy atom. The fraction of sp³-hybridized carbons (Fsp3) is 0.261. The van der Waals surface area contributed by atoms with Crippen LogP contribution in [0.25, 0.3) is 0 Å². The number of fused-ring (bicyclic) bond motifs is 1. The Morgan fingerprint density at radius 1 is 1.12 bits per heavy atom. The van der Waals surface area contributed by atoms with Gasteiger partial charge >= 0.3 is 11.9 Å². The maximum absolute atomic E-state index is 13.6. The van der Waals surface area contributed by atoms with E-state index in [9.17, 15) is 32.7 Å². The van der Waals surface area contributed by atoms with Crippen molar-refractivity contribution in [3.05, 3.63) is 98.3 Å². The normalized spacial score (nSPS) is 16.9. The molecule has 2 N–H and O–H groups in total. The summed E-state index contributed by atoms with van der Waals surface area (Å²) in [7, 11) is 0. The number of benzene rings is 1. The number of hydrogen-bond donors (Lipinski definition) is 2. The van der Waals surface area contributed by atoms with Crippen molar-refractivity contribution < 1.29 is 23.1 Å². The molecule has 1 aliphatic heterocycles.